The number of nitriles is 1. The van der Waals surface area contributed by atoms with Crippen LogP contribution in [-0.2, 0) is 6.42 Å². The molecule has 0 aliphatic carbocycles. The van der Waals surface area contributed by atoms with E-state index in [1.807, 2.05) is 44.2 Å². The topological polar surface area (TPSA) is 59.3 Å². The molecule has 0 fully saturated rings. The van der Waals surface area contributed by atoms with E-state index >= 15 is 0 Å². The predicted molar refractivity (Wildman–Crippen MR) is 90.6 cm³/mol. The van der Waals surface area contributed by atoms with Crippen molar-refractivity contribution >= 4 is 0 Å². The Labute approximate surface area is 141 Å². The Morgan fingerprint density at radius 1 is 1.04 bits per heavy atom. The molecule has 0 atom stereocenters. The fraction of sp³-hybridized carbons (Fsp3) is 0.250. The summed E-state index contributed by atoms with van der Waals surface area (Å²) in [6.07, 6.45) is 4.87. The van der Waals surface area contributed by atoms with Gasteiger partial charge in [-0.1, -0.05) is 0 Å². The molecule has 4 nitrogen and oxygen atoms in total. The summed E-state index contributed by atoms with van der Waals surface area (Å²) in [4.78, 5) is 0. The Balaban J connectivity index is 1.65. The molecule has 24 heavy (non-hydrogen) atoms. The predicted octanol–water partition coefficient (Wildman–Crippen LogP) is 5.20. The molecule has 0 saturated carbocycles. The highest BCUT2D eigenvalue weighted by Crippen LogP contribution is 2.29. The molecule has 1 aromatic carbocycles. The van der Waals surface area contributed by atoms with E-state index in [9.17, 15) is 0 Å². The van der Waals surface area contributed by atoms with Crippen molar-refractivity contribution in [2.75, 3.05) is 0 Å². The van der Waals surface area contributed by atoms with Crippen molar-refractivity contribution in [3.05, 3.63) is 66.3 Å². The van der Waals surface area contributed by atoms with E-state index in [0.29, 0.717) is 5.56 Å². The van der Waals surface area contributed by atoms with Gasteiger partial charge in [-0.15, -0.1) is 0 Å². The van der Waals surface area contributed by atoms with Gasteiger partial charge in [0.25, 0.3) is 0 Å². The van der Waals surface area contributed by atoms with Gasteiger partial charge in [0.15, 0.2) is 0 Å². The SMILES string of the molecule is CC(C)(CCc1occc1-c1ccco1)Oc1ccc(C#N)cc1. The number of rotatable bonds is 6. The van der Waals surface area contributed by atoms with Crippen LogP contribution in [0, 0.1) is 11.3 Å². The quantitative estimate of drug-likeness (QED) is 0.626. The third kappa shape index (κ3) is 3.69. The summed E-state index contributed by atoms with van der Waals surface area (Å²) >= 11 is 0. The van der Waals surface area contributed by atoms with E-state index in [1.54, 1.807) is 24.7 Å². The summed E-state index contributed by atoms with van der Waals surface area (Å²) in [7, 11) is 0. The van der Waals surface area contributed by atoms with Crippen LogP contribution in [-0.4, -0.2) is 5.60 Å². The first kappa shape index (κ1) is 15.9. The van der Waals surface area contributed by atoms with Crippen LogP contribution in [0.5, 0.6) is 5.75 Å². The van der Waals surface area contributed by atoms with Gasteiger partial charge in [-0.05, 0) is 62.7 Å². The van der Waals surface area contributed by atoms with E-state index in [4.69, 9.17) is 18.8 Å². The molecule has 0 amide bonds. The van der Waals surface area contributed by atoms with Crippen LogP contribution >= 0.6 is 0 Å². The van der Waals surface area contributed by atoms with Gasteiger partial charge in [-0.2, -0.15) is 5.26 Å². The lowest BCUT2D eigenvalue weighted by Crippen LogP contribution is -2.28. The van der Waals surface area contributed by atoms with E-state index < -0.39 is 0 Å². The second-order valence-corrected chi connectivity index (χ2v) is 6.23. The minimum Gasteiger partial charge on any atom is -0.488 e. The molecule has 122 valence electrons. The number of hydrogen-bond acceptors (Lipinski definition) is 4. The van der Waals surface area contributed by atoms with Crippen molar-refractivity contribution in [3.63, 3.8) is 0 Å². The largest absolute Gasteiger partial charge is 0.488 e. The van der Waals surface area contributed by atoms with Gasteiger partial charge in [0.2, 0.25) is 0 Å². The Hall–Kier alpha value is -2.93. The summed E-state index contributed by atoms with van der Waals surface area (Å²) in [5, 5.41) is 8.85. The van der Waals surface area contributed by atoms with Crippen LogP contribution < -0.4 is 4.74 Å². The molecule has 2 aromatic heterocycles. The standard InChI is InChI=1S/C20H19NO3/c1-20(2,24-16-7-5-15(14-21)6-8-16)11-9-19-17(10-13-23-19)18-4-3-12-22-18/h3-8,10,12-13H,9,11H2,1-2H3. The van der Waals surface area contributed by atoms with E-state index in [1.165, 1.54) is 0 Å². The fourth-order valence-corrected chi connectivity index (χ4v) is 2.57. The Morgan fingerprint density at radius 3 is 2.50 bits per heavy atom. The maximum Gasteiger partial charge on any atom is 0.137 e. The third-order valence-corrected chi connectivity index (χ3v) is 3.86. The van der Waals surface area contributed by atoms with Crippen LogP contribution in [0.15, 0.2) is 63.8 Å². The lowest BCUT2D eigenvalue weighted by atomic mass is 9.99. The molecule has 0 unspecified atom stereocenters. The highest BCUT2D eigenvalue weighted by Gasteiger charge is 2.22. The third-order valence-electron chi connectivity index (χ3n) is 3.86. The second-order valence-electron chi connectivity index (χ2n) is 6.23. The molecule has 0 aliphatic rings. The molecule has 0 N–H and O–H groups in total. The zero-order valence-electron chi connectivity index (χ0n) is 13.8. The number of furan rings is 2. The lowest BCUT2D eigenvalue weighted by Gasteiger charge is -2.26. The molecule has 0 bridgehead atoms. The molecule has 3 aromatic rings. The smallest absolute Gasteiger partial charge is 0.137 e. The average Bonchev–Trinajstić information content (AvgIpc) is 3.24. The number of benzene rings is 1. The zero-order valence-corrected chi connectivity index (χ0v) is 13.8. The molecular formula is C20H19NO3. The van der Waals surface area contributed by atoms with Gasteiger partial charge in [-0.3, -0.25) is 0 Å². The summed E-state index contributed by atoms with van der Waals surface area (Å²) in [6, 6.07) is 15.0. The summed E-state index contributed by atoms with van der Waals surface area (Å²) < 4.78 is 17.1. The molecule has 4 heteroatoms. The van der Waals surface area contributed by atoms with Crippen molar-refractivity contribution in [3.8, 4) is 23.1 Å². The highest BCUT2D eigenvalue weighted by molar-refractivity contribution is 5.59. The lowest BCUT2D eigenvalue weighted by molar-refractivity contribution is 0.0980. The van der Waals surface area contributed by atoms with Crippen molar-refractivity contribution in [1.29, 1.82) is 5.26 Å². The van der Waals surface area contributed by atoms with Crippen molar-refractivity contribution in [2.24, 2.45) is 0 Å². The maximum absolute atomic E-state index is 8.85. The van der Waals surface area contributed by atoms with E-state index in [-0.39, 0.29) is 5.60 Å². The van der Waals surface area contributed by atoms with E-state index in [0.717, 1.165) is 35.7 Å². The number of ether oxygens (including phenoxy) is 1. The number of nitrogens with zero attached hydrogens (tertiary/aromatic N) is 1. The normalized spacial score (nSPS) is 11.2. The molecule has 0 saturated heterocycles. The van der Waals surface area contributed by atoms with Crippen molar-refractivity contribution < 1.29 is 13.6 Å². The monoisotopic (exact) mass is 321 g/mol. The van der Waals surface area contributed by atoms with Crippen molar-refractivity contribution in [1.82, 2.24) is 0 Å². The maximum atomic E-state index is 8.85. The summed E-state index contributed by atoms with van der Waals surface area (Å²) in [6.45, 7) is 4.08. The van der Waals surface area contributed by atoms with E-state index in [2.05, 4.69) is 6.07 Å². The molecular weight excluding hydrogens is 302 g/mol. The number of hydrogen-bond donors (Lipinski definition) is 0. The van der Waals surface area contributed by atoms with Crippen LogP contribution in [0.25, 0.3) is 11.3 Å². The molecule has 0 aliphatic heterocycles. The first-order chi connectivity index (χ1) is 11.6. The van der Waals surface area contributed by atoms with Crippen molar-refractivity contribution in [2.45, 2.75) is 32.3 Å². The average molecular weight is 321 g/mol. The number of aryl methyl sites for hydroxylation is 1. The summed E-state index contributed by atoms with van der Waals surface area (Å²) in [5.41, 5.74) is 1.24. The zero-order chi connectivity index (χ0) is 17.0. The molecule has 2 heterocycles. The molecule has 0 radical (unpaired) electrons. The minimum atomic E-state index is -0.360. The molecule has 3 rings (SSSR count). The van der Waals surface area contributed by atoms with Gasteiger partial charge in [0.1, 0.15) is 22.9 Å². The Bertz CT molecular complexity index is 821. The minimum absolute atomic E-state index is 0.360. The Morgan fingerprint density at radius 2 is 1.83 bits per heavy atom. The first-order valence-electron chi connectivity index (χ1n) is 7.87. The van der Waals surface area contributed by atoms with Gasteiger partial charge in [0.05, 0.1) is 29.7 Å². The fourth-order valence-electron chi connectivity index (χ4n) is 2.57. The highest BCUT2D eigenvalue weighted by atomic mass is 16.5. The van der Waals surface area contributed by atoms with Gasteiger partial charge in [0, 0.05) is 6.42 Å². The van der Waals surface area contributed by atoms with Crippen LogP contribution in [0.4, 0.5) is 0 Å². The Kier molecular flexibility index (Phi) is 4.43. The van der Waals surface area contributed by atoms with Crippen LogP contribution in [0.3, 0.4) is 0 Å². The van der Waals surface area contributed by atoms with Crippen LogP contribution in [0.2, 0.25) is 0 Å². The first-order valence-corrected chi connectivity index (χ1v) is 7.87. The van der Waals surface area contributed by atoms with Gasteiger partial charge < -0.3 is 13.6 Å². The van der Waals surface area contributed by atoms with Crippen LogP contribution in [0.1, 0.15) is 31.6 Å². The summed E-state index contributed by atoms with van der Waals surface area (Å²) in [5.74, 6) is 2.45. The second kappa shape index (κ2) is 6.67. The van der Waals surface area contributed by atoms with Gasteiger partial charge in [-0.25, -0.2) is 0 Å². The molecule has 0 spiro atoms. The van der Waals surface area contributed by atoms with Gasteiger partial charge >= 0.3 is 0 Å².